The zero-order chi connectivity index (χ0) is 30.7. The monoisotopic (exact) mass is 1030 g/mol. The minimum atomic E-state index is -1.60. The van der Waals surface area contributed by atoms with Gasteiger partial charge >= 0.3 is 0 Å². The molecule has 0 saturated carbocycles. The average molecular weight is 1030 g/mol. The van der Waals surface area contributed by atoms with Gasteiger partial charge in [0.2, 0.25) is 0 Å². The fraction of sp³-hybridized carbons (Fsp3) is 0.333. The van der Waals surface area contributed by atoms with Crippen LogP contribution in [-0.2, 0) is 0 Å². The number of hydrogen-bond donors (Lipinski definition) is 0. The number of halogens is 9. The summed E-state index contributed by atoms with van der Waals surface area (Å²) in [5.41, 5.74) is 11.8. The third-order valence-electron chi connectivity index (χ3n) is 4.16. The summed E-state index contributed by atoms with van der Waals surface area (Å²) in [5.74, 6) is 9.60. The molecular weight excluding hydrogens is 1000 g/mol. The van der Waals surface area contributed by atoms with E-state index in [1.807, 2.05) is 0 Å². The molecule has 210 valence electrons. The third kappa shape index (κ3) is 12.3. The highest BCUT2D eigenvalue weighted by Gasteiger charge is 2.21. The van der Waals surface area contributed by atoms with Gasteiger partial charge in [-0.05, 0) is 67.8 Å². The zero-order valence-electron chi connectivity index (χ0n) is 22.9. The van der Waals surface area contributed by atoms with Crippen LogP contribution in [-0.4, -0.2) is 24.2 Å². The van der Waals surface area contributed by atoms with Crippen LogP contribution in [0.2, 0.25) is 89.1 Å². The van der Waals surface area contributed by atoms with Crippen LogP contribution in [0.4, 0.5) is 0 Å². The van der Waals surface area contributed by atoms with E-state index in [1.54, 1.807) is 0 Å². The molecule has 0 aliphatic carbocycles. The van der Waals surface area contributed by atoms with Gasteiger partial charge in [0, 0.05) is 0 Å². The highest BCUT2D eigenvalue weighted by atomic mass is 127. The maximum absolute atomic E-state index is 6.66. The summed E-state index contributed by atoms with van der Waals surface area (Å²) in [6.07, 6.45) is 0. The van der Waals surface area contributed by atoms with Crippen molar-refractivity contribution in [3.05, 3.63) is 57.5 Å². The molecule has 0 amide bonds. The smallest absolute Gasteiger partial charge is 0.127 e. The van der Waals surface area contributed by atoms with Crippen molar-refractivity contribution in [2.24, 2.45) is 0 Å². The number of hydrogen-bond acceptors (Lipinski definition) is 0. The topological polar surface area (TPSA) is 0 Å². The Hall–Kier alpha value is 1.70. The molecule has 0 radical (unpaired) electrons. The standard InChI is InChI=1S/C21H27Cl3Si3.C6Cl3I3/c1-25(2,3)13-10-16-19(22)17(11-14-26(4,5)6)21(24)18(20(16)23)12-15-27(7,8)9;7-1-4(10)2(8)6(12)3(9)5(1)11/h1-9H3;. The van der Waals surface area contributed by atoms with Gasteiger partial charge in [0.15, 0.2) is 0 Å². The molecule has 12 heteroatoms. The average Bonchev–Trinajstić information content (AvgIpc) is 2.78. The van der Waals surface area contributed by atoms with Crippen LogP contribution in [0.3, 0.4) is 0 Å². The van der Waals surface area contributed by atoms with Gasteiger partial charge in [-0.25, -0.2) is 0 Å². The van der Waals surface area contributed by atoms with Gasteiger partial charge in [-0.1, -0.05) is 146 Å². The maximum Gasteiger partial charge on any atom is 0.129 e. The first kappa shape index (κ1) is 38.7. The second kappa shape index (κ2) is 15.6. The molecule has 0 spiro atoms. The van der Waals surface area contributed by atoms with E-state index in [0.717, 1.165) is 10.7 Å². The van der Waals surface area contributed by atoms with Gasteiger partial charge in [-0.15, -0.1) is 16.6 Å². The lowest BCUT2D eigenvalue weighted by Crippen LogP contribution is -2.17. The van der Waals surface area contributed by atoms with Crippen molar-refractivity contribution in [2.45, 2.75) is 58.9 Å². The summed E-state index contributed by atoms with van der Waals surface area (Å²) >= 11 is 44.2. The normalized spacial score (nSPS) is 11.2. The van der Waals surface area contributed by atoms with E-state index in [0.29, 0.717) is 46.8 Å². The van der Waals surface area contributed by atoms with E-state index < -0.39 is 24.2 Å². The molecule has 0 N–H and O–H groups in total. The summed E-state index contributed by atoms with van der Waals surface area (Å²) in [6.45, 7) is 19.6. The molecule has 0 aliphatic rings. The fourth-order valence-corrected chi connectivity index (χ4v) is 8.70. The zero-order valence-corrected chi connectivity index (χ0v) is 36.9. The summed E-state index contributed by atoms with van der Waals surface area (Å²) in [7, 11) is -4.80. The van der Waals surface area contributed by atoms with Crippen LogP contribution < -0.4 is 0 Å². The van der Waals surface area contributed by atoms with E-state index in [1.165, 1.54) is 0 Å². The molecule has 0 unspecified atom stereocenters. The van der Waals surface area contributed by atoms with Crippen LogP contribution in [0.25, 0.3) is 0 Å². The Labute approximate surface area is 308 Å². The van der Waals surface area contributed by atoms with Crippen molar-refractivity contribution in [1.29, 1.82) is 0 Å². The molecule has 0 fully saturated rings. The Kier molecular flexibility index (Phi) is 15.5. The highest BCUT2D eigenvalue weighted by Crippen LogP contribution is 2.40. The lowest BCUT2D eigenvalue weighted by Gasteiger charge is -2.12. The van der Waals surface area contributed by atoms with Gasteiger partial charge in [0.25, 0.3) is 0 Å². The second-order valence-electron chi connectivity index (χ2n) is 11.5. The van der Waals surface area contributed by atoms with E-state index in [4.69, 9.17) is 69.6 Å². The maximum atomic E-state index is 6.66. The van der Waals surface area contributed by atoms with E-state index in [9.17, 15) is 0 Å². The Morgan fingerprint density at radius 1 is 0.385 bits per heavy atom. The quantitative estimate of drug-likeness (QED) is 0.0811. The summed E-state index contributed by atoms with van der Waals surface area (Å²) in [6, 6.07) is 0. The minimum absolute atomic E-state index is 0.431. The Morgan fingerprint density at radius 3 is 0.718 bits per heavy atom. The number of rotatable bonds is 0. The SMILES string of the molecule is C[Si](C)(C)C#Cc1c(Cl)c(C#C[Si](C)(C)C)c(Cl)c(C#C[Si](C)(C)C)c1Cl.Clc1c(I)c(Cl)c(I)c(Cl)c1I. The lowest BCUT2D eigenvalue weighted by molar-refractivity contribution is 1.54. The van der Waals surface area contributed by atoms with Crippen molar-refractivity contribution < 1.29 is 0 Å². The summed E-state index contributed by atoms with van der Waals surface area (Å²) in [5, 5.41) is 3.19. The van der Waals surface area contributed by atoms with Gasteiger partial charge in [-0.2, -0.15) is 0 Å². The number of benzene rings is 2. The first-order valence-electron chi connectivity index (χ1n) is 11.5. The van der Waals surface area contributed by atoms with Crippen LogP contribution in [0.15, 0.2) is 0 Å². The fourth-order valence-electron chi connectivity index (χ4n) is 2.32. The molecule has 2 aromatic carbocycles. The highest BCUT2D eigenvalue weighted by molar-refractivity contribution is 14.1. The molecule has 0 atom stereocenters. The largest absolute Gasteiger partial charge is 0.129 e. The first-order valence-corrected chi connectivity index (χ1v) is 27.5. The molecule has 0 saturated heterocycles. The van der Waals surface area contributed by atoms with Gasteiger partial charge < -0.3 is 0 Å². The molecule has 2 aromatic rings. The summed E-state index contributed by atoms with van der Waals surface area (Å²) in [4.78, 5) is 0. The van der Waals surface area contributed by atoms with E-state index >= 15 is 0 Å². The third-order valence-corrected chi connectivity index (χ3v) is 14.2. The predicted octanol–water partition coefficient (Wildman–Crippen LogP) is 12.8. The van der Waals surface area contributed by atoms with Crippen molar-refractivity contribution in [3.8, 4) is 34.4 Å². The Morgan fingerprint density at radius 2 is 0.564 bits per heavy atom. The molecule has 39 heavy (non-hydrogen) atoms. The first-order chi connectivity index (χ1) is 17.5. The molecule has 0 aliphatic heterocycles. The van der Waals surface area contributed by atoms with Crippen LogP contribution >= 0.6 is 137 Å². The molecule has 0 aromatic heterocycles. The van der Waals surface area contributed by atoms with Gasteiger partial charge in [-0.3, -0.25) is 0 Å². The Bertz CT molecular complexity index is 1220. The van der Waals surface area contributed by atoms with Crippen LogP contribution in [0, 0.1) is 45.1 Å². The van der Waals surface area contributed by atoms with Gasteiger partial charge in [0.1, 0.15) is 24.2 Å². The van der Waals surface area contributed by atoms with Gasteiger partial charge in [0.05, 0.1) is 57.5 Å². The van der Waals surface area contributed by atoms with Crippen molar-refractivity contribution >= 4 is 162 Å². The predicted molar refractivity (Wildman–Crippen MR) is 212 cm³/mol. The second-order valence-corrected chi connectivity index (χ2v) is 31.2. The van der Waals surface area contributed by atoms with Crippen molar-refractivity contribution in [3.63, 3.8) is 0 Å². The lowest BCUT2D eigenvalue weighted by atomic mass is 10.1. The van der Waals surface area contributed by atoms with Crippen molar-refractivity contribution in [1.82, 2.24) is 0 Å². The molecule has 0 bridgehead atoms. The van der Waals surface area contributed by atoms with Crippen LogP contribution in [0.1, 0.15) is 16.7 Å². The molecular formula is C27H27Cl6I3Si3. The molecule has 0 heterocycles. The summed E-state index contributed by atoms with van der Waals surface area (Å²) < 4.78 is 2.57. The minimum Gasteiger partial charge on any atom is -0.127 e. The molecule has 0 nitrogen and oxygen atoms in total. The van der Waals surface area contributed by atoms with Crippen molar-refractivity contribution in [2.75, 3.05) is 0 Å². The van der Waals surface area contributed by atoms with E-state index in [2.05, 4.69) is 161 Å². The van der Waals surface area contributed by atoms with E-state index in [-0.39, 0.29) is 0 Å². The van der Waals surface area contributed by atoms with Crippen LogP contribution in [0.5, 0.6) is 0 Å². The molecule has 2 rings (SSSR count). The Balaban J connectivity index is 0.000000525.